The number of aryl methyl sites for hydroxylation is 1. The highest BCUT2D eigenvalue weighted by molar-refractivity contribution is 7.19. The number of nitrogens with zero attached hydrogens (tertiary/aromatic N) is 3. The van der Waals surface area contributed by atoms with Gasteiger partial charge in [0.1, 0.15) is 5.75 Å². The molecule has 0 spiro atoms. The minimum Gasteiger partial charge on any atom is -0.496 e. The van der Waals surface area contributed by atoms with Gasteiger partial charge in [0.05, 0.1) is 41.3 Å². The molecule has 11 heteroatoms. The number of anilines is 1. The molecule has 0 aliphatic carbocycles. The number of alkyl halides is 3. The summed E-state index contributed by atoms with van der Waals surface area (Å²) in [5, 5.41) is 8.81. The number of methoxy groups -OCH3 is 1. The summed E-state index contributed by atoms with van der Waals surface area (Å²) in [6.45, 7) is 4.58. The smallest absolute Gasteiger partial charge is 0.416 e. The number of piperidine rings is 1. The lowest BCUT2D eigenvalue weighted by Gasteiger charge is -2.31. The fourth-order valence-electron chi connectivity index (χ4n) is 4.43. The number of benzene rings is 1. The minimum absolute atomic E-state index is 0.158. The second-order valence-electron chi connectivity index (χ2n) is 8.36. The third-order valence-electron chi connectivity index (χ3n) is 6.13. The number of rotatable bonds is 5. The third-order valence-corrected chi connectivity index (χ3v) is 7.16. The van der Waals surface area contributed by atoms with Gasteiger partial charge in [0, 0.05) is 28.2 Å². The maximum Gasteiger partial charge on any atom is 0.416 e. The van der Waals surface area contributed by atoms with Crippen LogP contribution in [0.3, 0.4) is 0 Å². The van der Waals surface area contributed by atoms with Crippen LogP contribution in [0.15, 0.2) is 36.3 Å². The maximum atomic E-state index is 13.2. The van der Waals surface area contributed by atoms with Gasteiger partial charge in [-0.15, -0.1) is 11.3 Å². The Labute approximate surface area is 199 Å². The van der Waals surface area contributed by atoms with Gasteiger partial charge in [-0.1, -0.05) is 0 Å². The molecule has 0 bridgehead atoms. The van der Waals surface area contributed by atoms with Crippen LogP contribution in [0, 0.1) is 6.92 Å². The number of aromatic nitrogens is 2. The molecule has 4 heterocycles. The molecular weight excluding hydrogens is 465 g/mol. The van der Waals surface area contributed by atoms with Gasteiger partial charge in [0.15, 0.2) is 0 Å². The van der Waals surface area contributed by atoms with Crippen molar-refractivity contribution in [2.24, 2.45) is 0 Å². The number of fused-ring (bicyclic) bond motifs is 1. The molecule has 1 fully saturated rings. The molecule has 3 N–H and O–H groups in total. The standard InChI is InChI=1S/C23H25F3N6OS/c1-13-20(17-4-3-14(23(24,25)26)9-18(17)33-2)21-19(34-13)11-28-22(31-21)30-15-10-29-32(12-15)16-5-7-27-8-6-16/h3-4,9,11-12,16,27,29H,5-8,10H2,1-2H3,(H,28,30,31). The molecule has 34 heavy (non-hydrogen) atoms. The van der Waals surface area contributed by atoms with Crippen LogP contribution in [0.2, 0.25) is 0 Å². The molecule has 2 aromatic heterocycles. The van der Waals surface area contributed by atoms with Gasteiger partial charge in [-0.3, -0.25) is 0 Å². The van der Waals surface area contributed by atoms with E-state index in [-0.39, 0.29) is 5.75 Å². The fraction of sp³-hybridized carbons (Fsp3) is 0.391. The van der Waals surface area contributed by atoms with E-state index >= 15 is 0 Å². The van der Waals surface area contributed by atoms with Crippen LogP contribution in [0.25, 0.3) is 21.3 Å². The largest absolute Gasteiger partial charge is 0.496 e. The van der Waals surface area contributed by atoms with Gasteiger partial charge < -0.3 is 20.4 Å². The molecule has 0 amide bonds. The summed E-state index contributed by atoms with van der Waals surface area (Å²) in [6.07, 6.45) is 1.51. The summed E-state index contributed by atoms with van der Waals surface area (Å²) in [5.74, 6) is 0.601. The Morgan fingerprint density at radius 2 is 2.03 bits per heavy atom. The topological polar surface area (TPSA) is 74.3 Å². The highest BCUT2D eigenvalue weighted by Gasteiger charge is 2.32. The van der Waals surface area contributed by atoms with Crippen LogP contribution in [0.5, 0.6) is 5.75 Å². The predicted molar refractivity (Wildman–Crippen MR) is 127 cm³/mol. The maximum absolute atomic E-state index is 13.2. The highest BCUT2D eigenvalue weighted by Crippen LogP contribution is 2.43. The monoisotopic (exact) mass is 490 g/mol. The summed E-state index contributed by atoms with van der Waals surface area (Å²) in [6, 6.07) is 4.00. The number of nitrogens with one attached hydrogen (secondary N) is 3. The van der Waals surface area contributed by atoms with Crippen molar-refractivity contribution in [2.75, 3.05) is 32.1 Å². The number of hydrogen-bond donors (Lipinski definition) is 3. The van der Waals surface area contributed by atoms with E-state index in [2.05, 4.69) is 32.3 Å². The molecule has 180 valence electrons. The number of thiophene rings is 1. The Balaban J connectivity index is 1.46. The molecule has 7 nitrogen and oxygen atoms in total. The lowest BCUT2D eigenvalue weighted by molar-refractivity contribution is -0.137. The van der Waals surface area contributed by atoms with E-state index in [0.717, 1.165) is 58.9 Å². The Bertz CT molecular complexity index is 1240. The summed E-state index contributed by atoms with van der Waals surface area (Å²) in [4.78, 5) is 10.1. The van der Waals surface area contributed by atoms with Crippen LogP contribution in [0.4, 0.5) is 19.1 Å². The minimum atomic E-state index is -4.44. The normalized spacial score (nSPS) is 17.3. The Hall–Kier alpha value is -2.89. The number of hydrogen-bond acceptors (Lipinski definition) is 8. The first kappa shape index (κ1) is 22.9. The Morgan fingerprint density at radius 1 is 1.24 bits per heavy atom. The van der Waals surface area contributed by atoms with Crippen molar-refractivity contribution < 1.29 is 17.9 Å². The average Bonchev–Trinajstić information content (AvgIpc) is 3.42. The number of hydrazine groups is 1. The van der Waals surface area contributed by atoms with Crippen LogP contribution in [-0.2, 0) is 6.18 Å². The van der Waals surface area contributed by atoms with Gasteiger partial charge >= 0.3 is 6.18 Å². The zero-order valence-electron chi connectivity index (χ0n) is 18.8. The Morgan fingerprint density at radius 3 is 2.76 bits per heavy atom. The van der Waals surface area contributed by atoms with E-state index < -0.39 is 11.7 Å². The third kappa shape index (κ3) is 4.42. The quantitative estimate of drug-likeness (QED) is 0.486. The molecule has 1 aromatic carbocycles. The summed E-state index contributed by atoms with van der Waals surface area (Å²) in [7, 11) is 1.37. The molecule has 2 aliphatic rings. The van der Waals surface area contributed by atoms with Gasteiger partial charge in [0.2, 0.25) is 5.95 Å². The van der Waals surface area contributed by atoms with Crippen molar-refractivity contribution in [1.82, 2.24) is 25.7 Å². The van der Waals surface area contributed by atoms with E-state index in [9.17, 15) is 13.2 Å². The van der Waals surface area contributed by atoms with Crippen LogP contribution >= 0.6 is 11.3 Å². The van der Waals surface area contributed by atoms with Crippen molar-refractivity contribution in [1.29, 1.82) is 0 Å². The molecule has 5 rings (SSSR count). The first-order valence-electron chi connectivity index (χ1n) is 11.1. The molecular formula is C23H25F3N6OS. The lowest BCUT2D eigenvalue weighted by atomic mass is 10.0. The van der Waals surface area contributed by atoms with Crippen molar-refractivity contribution in [3.05, 3.63) is 46.7 Å². The second-order valence-corrected chi connectivity index (χ2v) is 9.61. The van der Waals surface area contributed by atoms with Crippen molar-refractivity contribution in [2.45, 2.75) is 32.0 Å². The zero-order valence-corrected chi connectivity index (χ0v) is 19.6. The van der Waals surface area contributed by atoms with Crippen LogP contribution in [0.1, 0.15) is 23.3 Å². The van der Waals surface area contributed by atoms with E-state index in [1.54, 1.807) is 6.20 Å². The average molecular weight is 491 g/mol. The number of ether oxygens (including phenoxy) is 1. The van der Waals surface area contributed by atoms with E-state index in [4.69, 9.17) is 9.72 Å². The SMILES string of the molecule is COc1cc(C(F)(F)F)ccc1-c1c(C)sc2cnc(NC3=CN(C4CCNCC4)NC3)nc12. The molecule has 2 aliphatic heterocycles. The van der Waals surface area contributed by atoms with Crippen LogP contribution in [-0.4, -0.2) is 47.8 Å². The molecule has 0 unspecified atom stereocenters. The molecule has 0 saturated carbocycles. The molecule has 3 aromatic rings. The second kappa shape index (κ2) is 9.05. The molecule has 0 radical (unpaired) electrons. The molecule has 0 atom stereocenters. The predicted octanol–water partition coefficient (Wildman–Crippen LogP) is 4.52. The first-order valence-corrected chi connectivity index (χ1v) is 11.9. The van der Waals surface area contributed by atoms with Gasteiger partial charge in [-0.2, -0.15) is 13.2 Å². The van der Waals surface area contributed by atoms with E-state index in [1.165, 1.54) is 24.5 Å². The van der Waals surface area contributed by atoms with Crippen molar-refractivity contribution in [3.8, 4) is 16.9 Å². The first-order chi connectivity index (χ1) is 16.3. The van der Waals surface area contributed by atoms with Gasteiger partial charge in [0.25, 0.3) is 0 Å². The van der Waals surface area contributed by atoms with E-state index in [0.29, 0.717) is 29.6 Å². The van der Waals surface area contributed by atoms with Gasteiger partial charge in [-0.05, 0) is 51.1 Å². The number of halogens is 3. The van der Waals surface area contributed by atoms with Crippen LogP contribution < -0.4 is 20.8 Å². The highest BCUT2D eigenvalue weighted by atomic mass is 32.1. The van der Waals surface area contributed by atoms with Crippen molar-refractivity contribution >= 4 is 27.5 Å². The Kier molecular flexibility index (Phi) is 6.09. The fourth-order valence-corrected chi connectivity index (χ4v) is 5.42. The molecule has 1 saturated heterocycles. The van der Waals surface area contributed by atoms with Crippen molar-refractivity contribution in [3.63, 3.8) is 0 Å². The summed E-state index contributed by atoms with van der Waals surface area (Å²) >= 11 is 1.50. The van der Waals surface area contributed by atoms with Gasteiger partial charge in [-0.25, -0.2) is 15.4 Å². The zero-order chi connectivity index (χ0) is 23.9. The summed E-state index contributed by atoms with van der Waals surface area (Å²) in [5.41, 5.74) is 5.61. The summed E-state index contributed by atoms with van der Waals surface area (Å²) < 4.78 is 45.8. The van der Waals surface area contributed by atoms with E-state index in [1.807, 2.05) is 6.92 Å². The lowest BCUT2D eigenvalue weighted by Crippen LogP contribution is -2.44.